The Labute approximate surface area is 200 Å². The number of nitrogens with one attached hydrogen (secondary N) is 1. The van der Waals surface area contributed by atoms with Gasteiger partial charge in [0.15, 0.2) is 5.78 Å². The highest BCUT2D eigenvalue weighted by molar-refractivity contribution is 7.07. The van der Waals surface area contributed by atoms with Crippen molar-refractivity contribution in [3.8, 4) is 0 Å². The van der Waals surface area contributed by atoms with E-state index in [9.17, 15) is 19.2 Å². The lowest BCUT2D eigenvalue weighted by atomic mass is 9.84. The van der Waals surface area contributed by atoms with Crippen LogP contribution in [0.5, 0.6) is 0 Å². The number of esters is 1. The summed E-state index contributed by atoms with van der Waals surface area (Å²) in [7, 11) is 0. The van der Waals surface area contributed by atoms with Crippen LogP contribution in [-0.2, 0) is 36.9 Å². The Hall–Kier alpha value is -3.31. The number of alkyl carbamates (subject to hydrolysis) is 1. The van der Waals surface area contributed by atoms with Gasteiger partial charge in [0, 0.05) is 18.3 Å². The molecule has 2 amide bonds. The maximum atomic E-state index is 13.8. The lowest BCUT2D eigenvalue weighted by molar-refractivity contribution is -0.168. The number of Topliss-reactive ketones (excluding diaryl/α,β-unsaturated/α-hetero) is 1. The molecule has 2 aliphatic heterocycles. The molecule has 4 rings (SSSR count). The van der Waals surface area contributed by atoms with Gasteiger partial charge in [-0.05, 0) is 25.3 Å². The minimum absolute atomic E-state index is 0.0578. The fourth-order valence-electron chi connectivity index (χ4n) is 4.44. The Morgan fingerprint density at radius 1 is 1.35 bits per heavy atom. The largest absolute Gasteiger partial charge is 0.459 e. The van der Waals surface area contributed by atoms with Gasteiger partial charge in [0.25, 0.3) is 0 Å². The Balaban J connectivity index is 1.63. The predicted molar refractivity (Wildman–Crippen MR) is 122 cm³/mol. The molecule has 0 aliphatic carbocycles. The summed E-state index contributed by atoms with van der Waals surface area (Å²) in [5.41, 5.74) is 7.36. The van der Waals surface area contributed by atoms with Crippen molar-refractivity contribution in [1.29, 1.82) is 0 Å². The summed E-state index contributed by atoms with van der Waals surface area (Å²) in [6, 6.07) is 6.94. The number of aromatic nitrogens is 1. The summed E-state index contributed by atoms with van der Waals surface area (Å²) in [6.07, 6.45) is -0.882. The fraction of sp³-hybridized carbons (Fsp3) is 0.435. The zero-order valence-electron chi connectivity index (χ0n) is 18.6. The van der Waals surface area contributed by atoms with E-state index in [-0.39, 0.29) is 26.0 Å². The monoisotopic (exact) mass is 486 g/mol. The van der Waals surface area contributed by atoms with E-state index < -0.39 is 47.5 Å². The van der Waals surface area contributed by atoms with Crippen LogP contribution in [0.25, 0.3) is 0 Å². The summed E-state index contributed by atoms with van der Waals surface area (Å²) >= 11 is 1.37. The third kappa shape index (κ3) is 4.53. The Kier molecular flexibility index (Phi) is 6.94. The predicted octanol–water partition coefficient (Wildman–Crippen LogP) is 1.18. The number of ether oxygens (including phenoxy) is 2. The van der Waals surface area contributed by atoms with Crippen LogP contribution < -0.4 is 11.1 Å². The van der Waals surface area contributed by atoms with Crippen molar-refractivity contribution in [3.05, 3.63) is 52.5 Å². The van der Waals surface area contributed by atoms with Crippen molar-refractivity contribution in [2.75, 3.05) is 6.54 Å². The maximum absolute atomic E-state index is 13.8. The van der Waals surface area contributed by atoms with Crippen molar-refractivity contribution in [3.63, 3.8) is 0 Å². The van der Waals surface area contributed by atoms with Gasteiger partial charge in [0.05, 0.1) is 17.2 Å². The van der Waals surface area contributed by atoms with Gasteiger partial charge in [-0.15, -0.1) is 11.3 Å². The summed E-state index contributed by atoms with van der Waals surface area (Å²) in [6.45, 7) is 1.66. The van der Waals surface area contributed by atoms with Crippen molar-refractivity contribution >= 4 is 35.1 Å². The van der Waals surface area contributed by atoms with E-state index in [0.717, 1.165) is 5.56 Å². The van der Waals surface area contributed by atoms with Gasteiger partial charge in [0.2, 0.25) is 11.4 Å². The molecule has 180 valence electrons. The molecule has 2 aliphatic rings. The first-order chi connectivity index (χ1) is 16.3. The van der Waals surface area contributed by atoms with Gasteiger partial charge in [-0.25, -0.2) is 14.6 Å². The molecule has 4 atom stereocenters. The number of carbonyl (C=O) groups is 4. The number of amides is 2. The molecule has 2 aromatic rings. The molecule has 0 saturated carbocycles. The number of thiazole rings is 1. The first-order valence-corrected chi connectivity index (χ1v) is 11.9. The molecule has 1 aromatic heterocycles. The third-order valence-corrected chi connectivity index (χ3v) is 6.79. The van der Waals surface area contributed by atoms with Crippen molar-refractivity contribution < 1.29 is 28.7 Å². The number of cyclic esters (lactones) is 1. The van der Waals surface area contributed by atoms with E-state index >= 15 is 0 Å². The smallest absolute Gasteiger partial charge is 0.408 e. The van der Waals surface area contributed by atoms with Gasteiger partial charge in [-0.1, -0.05) is 30.3 Å². The number of likely N-dealkylation sites (tertiary alicyclic amines) is 1. The lowest BCUT2D eigenvalue weighted by Gasteiger charge is -2.37. The molecule has 11 heteroatoms. The summed E-state index contributed by atoms with van der Waals surface area (Å²) in [5, 5.41) is 4.24. The number of hydrogen-bond acceptors (Lipinski definition) is 9. The summed E-state index contributed by atoms with van der Waals surface area (Å²) in [5.74, 6) is -2.03. The van der Waals surface area contributed by atoms with Crippen molar-refractivity contribution in [2.24, 2.45) is 5.73 Å². The minimum atomic E-state index is -1.89. The van der Waals surface area contributed by atoms with Gasteiger partial charge in [-0.2, -0.15) is 0 Å². The standard InChI is InChI=1S/C23H26N4O6S/c1-14-18(26-22(31)33-14)20(29)27-9-5-8-23(27,19(28)17(24)10-16-12-34-13-25-16)21(30)32-11-15-6-3-2-4-7-15/h2-4,6-7,12-14,17-18H,5,8-11,24H2,1H3,(H,26,31)/t14?,17-,18?,23+/m0/s1. The van der Waals surface area contributed by atoms with Crippen LogP contribution in [0.2, 0.25) is 0 Å². The normalized spacial score (nSPS) is 24.9. The van der Waals surface area contributed by atoms with E-state index in [1.807, 2.05) is 18.2 Å². The number of nitrogens with two attached hydrogens (primary N) is 1. The Morgan fingerprint density at radius 2 is 2.12 bits per heavy atom. The average molecular weight is 487 g/mol. The van der Waals surface area contributed by atoms with E-state index in [1.54, 1.807) is 29.9 Å². The van der Waals surface area contributed by atoms with Crippen molar-refractivity contribution in [1.82, 2.24) is 15.2 Å². The van der Waals surface area contributed by atoms with E-state index in [4.69, 9.17) is 15.2 Å². The van der Waals surface area contributed by atoms with E-state index in [1.165, 1.54) is 16.2 Å². The van der Waals surface area contributed by atoms with Crippen molar-refractivity contribution in [2.45, 2.75) is 56.5 Å². The second-order valence-electron chi connectivity index (χ2n) is 8.40. The number of benzene rings is 1. The molecule has 2 unspecified atom stereocenters. The van der Waals surface area contributed by atoms with Crippen LogP contribution >= 0.6 is 11.3 Å². The highest BCUT2D eigenvalue weighted by Crippen LogP contribution is 2.35. The van der Waals surface area contributed by atoms with E-state index in [0.29, 0.717) is 12.1 Å². The lowest BCUT2D eigenvalue weighted by Crippen LogP contribution is -2.66. The molecule has 1 aromatic carbocycles. The third-order valence-electron chi connectivity index (χ3n) is 6.16. The van der Waals surface area contributed by atoms with Crippen LogP contribution in [0.15, 0.2) is 41.2 Å². The minimum Gasteiger partial charge on any atom is -0.459 e. The molecule has 3 heterocycles. The first-order valence-electron chi connectivity index (χ1n) is 11.0. The zero-order chi connectivity index (χ0) is 24.3. The highest BCUT2D eigenvalue weighted by atomic mass is 32.1. The molecular weight excluding hydrogens is 460 g/mol. The Bertz CT molecular complexity index is 1060. The van der Waals surface area contributed by atoms with Gasteiger partial charge in [0.1, 0.15) is 18.8 Å². The van der Waals surface area contributed by atoms with Crippen LogP contribution in [0.3, 0.4) is 0 Å². The van der Waals surface area contributed by atoms with Gasteiger partial charge >= 0.3 is 12.1 Å². The molecule has 2 saturated heterocycles. The van der Waals surface area contributed by atoms with Crippen LogP contribution in [0.1, 0.15) is 31.0 Å². The van der Waals surface area contributed by atoms with Gasteiger partial charge in [-0.3, -0.25) is 9.59 Å². The fourth-order valence-corrected chi connectivity index (χ4v) is 5.01. The number of ketones is 1. The first kappa shape index (κ1) is 23.8. The van der Waals surface area contributed by atoms with Crippen LogP contribution in [0, 0.1) is 0 Å². The molecule has 0 spiro atoms. The SMILES string of the molecule is CC1OC(=O)NC1C(=O)N1CCC[C@]1(C(=O)OCc1ccccc1)C(=O)[C@@H](N)Cc1cscn1. The molecule has 10 nitrogen and oxygen atoms in total. The van der Waals surface area contributed by atoms with Crippen LogP contribution in [-0.4, -0.2) is 63.9 Å². The number of nitrogens with zero attached hydrogens (tertiary/aromatic N) is 2. The summed E-state index contributed by atoms with van der Waals surface area (Å²) < 4.78 is 10.6. The zero-order valence-corrected chi connectivity index (χ0v) is 19.5. The topological polar surface area (TPSA) is 141 Å². The molecule has 0 bridgehead atoms. The quantitative estimate of drug-likeness (QED) is 0.419. The average Bonchev–Trinajstić information content (AvgIpc) is 3.57. The highest BCUT2D eigenvalue weighted by Gasteiger charge is 2.59. The molecule has 0 radical (unpaired) electrons. The maximum Gasteiger partial charge on any atom is 0.408 e. The van der Waals surface area contributed by atoms with Crippen LogP contribution in [0.4, 0.5) is 4.79 Å². The number of carbonyl (C=O) groups excluding carboxylic acids is 4. The molecule has 3 N–H and O–H groups in total. The second-order valence-corrected chi connectivity index (χ2v) is 9.12. The number of hydrogen-bond donors (Lipinski definition) is 2. The molecule has 34 heavy (non-hydrogen) atoms. The second kappa shape index (κ2) is 9.90. The molecule has 2 fully saturated rings. The summed E-state index contributed by atoms with van der Waals surface area (Å²) in [4.78, 5) is 57.8. The number of rotatable bonds is 8. The van der Waals surface area contributed by atoms with Gasteiger partial charge < -0.3 is 25.4 Å². The Morgan fingerprint density at radius 3 is 2.76 bits per heavy atom. The van der Waals surface area contributed by atoms with E-state index in [2.05, 4.69) is 10.3 Å². The molecular formula is C23H26N4O6S.